The molecule has 7 heteroatoms. The van der Waals surface area contributed by atoms with Crippen molar-refractivity contribution in [3.8, 4) is 0 Å². The Labute approximate surface area is 132 Å². The third kappa shape index (κ3) is 4.16. The fourth-order valence-corrected chi connectivity index (χ4v) is 2.63. The fourth-order valence-electron chi connectivity index (χ4n) is 1.88. The van der Waals surface area contributed by atoms with E-state index in [-0.39, 0.29) is 10.6 Å². The van der Waals surface area contributed by atoms with E-state index in [2.05, 4.69) is 21.2 Å². The van der Waals surface area contributed by atoms with Crippen LogP contribution in [0.25, 0.3) is 0 Å². The number of benzene rings is 1. The molecule has 3 N–H and O–H groups in total. The summed E-state index contributed by atoms with van der Waals surface area (Å²) >= 11 is 3.41. The normalized spacial score (nSPS) is 12.6. The lowest BCUT2D eigenvalue weighted by Crippen LogP contribution is -2.35. The molecule has 0 aliphatic carbocycles. The second-order valence-corrected chi connectivity index (χ2v) is 7.66. The van der Waals surface area contributed by atoms with Crippen LogP contribution in [0.2, 0.25) is 0 Å². The Balaban J connectivity index is 2.08. The van der Waals surface area contributed by atoms with Crippen molar-refractivity contribution in [2.24, 2.45) is 5.14 Å². The number of nitrogens with two attached hydrogens (primary N) is 1. The molecule has 0 radical (unpaired) electrons. The van der Waals surface area contributed by atoms with Crippen LogP contribution in [0.3, 0.4) is 0 Å². The van der Waals surface area contributed by atoms with E-state index in [1.807, 2.05) is 38.1 Å². The van der Waals surface area contributed by atoms with E-state index < -0.39 is 10.0 Å². The van der Waals surface area contributed by atoms with E-state index in [0.717, 1.165) is 10.0 Å². The molecule has 1 aromatic heterocycles. The number of rotatable bonds is 5. The van der Waals surface area contributed by atoms with Gasteiger partial charge >= 0.3 is 0 Å². The standard InChI is InChI=1S/C14H17BrN2O3S/c1-14(2,10-3-5-11(15)6-4-10)17-9-12-7-8-13(20-12)21(16,18)19/h3-8,17H,9H2,1-2H3,(H2,16,18,19). The predicted octanol–water partition coefficient (Wildman–Crippen LogP) is 2.71. The summed E-state index contributed by atoms with van der Waals surface area (Å²) in [5.41, 5.74) is 0.832. The molecule has 1 aromatic carbocycles. The third-order valence-corrected chi connectivity index (χ3v) is 4.50. The van der Waals surface area contributed by atoms with Gasteiger partial charge in [-0.2, -0.15) is 0 Å². The van der Waals surface area contributed by atoms with Gasteiger partial charge in [-0.25, -0.2) is 13.6 Å². The first-order valence-corrected chi connectivity index (χ1v) is 8.65. The minimum absolute atomic E-state index is 0.222. The smallest absolute Gasteiger partial charge is 0.271 e. The number of halogens is 1. The number of furan rings is 1. The lowest BCUT2D eigenvalue weighted by Gasteiger charge is -2.26. The summed E-state index contributed by atoms with van der Waals surface area (Å²) in [5.74, 6) is 0.518. The molecule has 21 heavy (non-hydrogen) atoms. The molecule has 0 aliphatic rings. The van der Waals surface area contributed by atoms with Gasteiger partial charge < -0.3 is 9.73 Å². The largest absolute Gasteiger partial charge is 0.447 e. The molecule has 0 spiro atoms. The molecular weight excluding hydrogens is 356 g/mol. The van der Waals surface area contributed by atoms with Crippen LogP contribution in [-0.2, 0) is 22.1 Å². The van der Waals surface area contributed by atoms with E-state index in [1.165, 1.54) is 6.07 Å². The average Bonchev–Trinajstić information content (AvgIpc) is 2.86. The van der Waals surface area contributed by atoms with Crippen molar-refractivity contribution in [1.82, 2.24) is 5.32 Å². The summed E-state index contributed by atoms with van der Waals surface area (Å²) in [5, 5.41) is 8.12. The van der Waals surface area contributed by atoms with Crippen molar-refractivity contribution in [1.29, 1.82) is 0 Å². The molecule has 1 heterocycles. The lowest BCUT2D eigenvalue weighted by molar-refractivity contribution is 0.348. The first kappa shape index (κ1) is 16.2. The van der Waals surface area contributed by atoms with Crippen LogP contribution in [-0.4, -0.2) is 8.42 Å². The molecule has 2 rings (SSSR count). The highest BCUT2D eigenvalue weighted by Gasteiger charge is 2.21. The van der Waals surface area contributed by atoms with Crippen LogP contribution >= 0.6 is 15.9 Å². The SMILES string of the molecule is CC(C)(NCc1ccc(S(N)(=O)=O)o1)c1ccc(Br)cc1. The molecule has 0 bridgehead atoms. The Kier molecular flexibility index (Phi) is 4.57. The second kappa shape index (κ2) is 5.92. The van der Waals surface area contributed by atoms with Crippen molar-refractivity contribution < 1.29 is 12.8 Å². The maximum atomic E-state index is 11.2. The van der Waals surface area contributed by atoms with Gasteiger partial charge in [0.2, 0.25) is 5.09 Å². The van der Waals surface area contributed by atoms with Crippen LogP contribution in [0.5, 0.6) is 0 Å². The summed E-state index contributed by atoms with van der Waals surface area (Å²) in [7, 11) is -3.79. The third-order valence-electron chi connectivity index (χ3n) is 3.19. The van der Waals surface area contributed by atoms with Crippen molar-refractivity contribution in [2.75, 3.05) is 0 Å². The van der Waals surface area contributed by atoms with Crippen molar-refractivity contribution >= 4 is 26.0 Å². The topological polar surface area (TPSA) is 85.3 Å². The van der Waals surface area contributed by atoms with Crippen molar-refractivity contribution in [3.05, 3.63) is 52.2 Å². The van der Waals surface area contributed by atoms with Crippen LogP contribution in [0.15, 0.2) is 50.4 Å². The highest BCUT2D eigenvalue weighted by atomic mass is 79.9. The molecule has 0 aliphatic heterocycles. The quantitative estimate of drug-likeness (QED) is 0.844. The van der Waals surface area contributed by atoms with Gasteiger partial charge in [0, 0.05) is 10.0 Å². The molecule has 5 nitrogen and oxygen atoms in total. The molecular formula is C14H17BrN2O3S. The van der Waals surface area contributed by atoms with Gasteiger partial charge in [-0.3, -0.25) is 0 Å². The fraction of sp³-hybridized carbons (Fsp3) is 0.286. The molecule has 0 unspecified atom stereocenters. The van der Waals surface area contributed by atoms with Gasteiger partial charge in [0.15, 0.2) is 0 Å². The summed E-state index contributed by atoms with van der Waals surface area (Å²) < 4.78 is 28.6. The maximum absolute atomic E-state index is 11.2. The Morgan fingerprint density at radius 1 is 1.19 bits per heavy atom. The maximum Gasteiger partial charge on any atom is 0.271 e. The molecule has 0 saturated carbocycles. The summed E-state index contributed by atoms with van der Waals surface area (Å²) in [4.78, 5) is 0. The first-order valence-electron chi connectivity index (χ1n) is 6.31. The highest BCUT2D eigenvalue weighted by molar-refractivity contribution is 9.10. The molecule has 0 saturated heterocycles. The molecule has 114 valence electrons. The summed E-state index contributed by atoms with van der Waals surface area (Å²) in [6.45, 7) is 4.48. The second-order valence-electron chi connectivity index (χ2n) is 5.25. The number of hydrogen-bond donors (Lipinski definition) is 2. The predicted molar refractivity (Wildman–Crippen MR) is 84.1 cm³/mol. The Bertz CT molecular complexity index is 721. The Hall–Kier alpha value is -1.15. The van der Waals surface area contributed by atoms with Gasteiger partial charge in [-0.15, -0.1) is 0 Å². The minimum Gasteiger partial charge on any atom is -0.447 e. The molecule has 0 fully saturated rings. The van der Waals surface area contributed by atoms with Gasteiger partial charge in [0.25, 0.3) is 10.0 Å². The molecule has 2 aromatic rings. The van der Waals surface area contributed by atoms with Crippen LogP contribution < -0.4 is 10.5 Å². The van der Waals surface area contributed by atoms with E-state index in [4.69, 9.17) is 9.56 Å². The number of sulfonamides is 1. The summed E-state index contributed by atoms with van der Waals surface area (Å²) in [6.07, 6.45) is 0. The zero-order valence-corrected chi connectivity index (χ0v) is 14.2. The Morgan fingerprint density at radius 2 is 1.81 bits per heavy atom. The van der Waals surface area contributed by atoms with Crippen LogP contribution in [0.1, 0.15) is 25.2 Å². The van der Waals surface area contributed by atoms with E-state index in [9.17, 15) is 8.42 Å². The lowest BCUT2D eigenvalue weighted by atomic mass is 9.94. The summed E-state index contributed by atoms with van der Waals surface area (Å²) in [6, 6.07) is 11.0. The zero-order chi connectivity index (χ0) is 15.7. The van der Waals surface area contributed by atoms with E-state index in [0.29, 0.717) is 12.3 Å². The highest BCUT2D eigenvalue weighted by Crippen LogP contribution is 2.23. The van der Waals surface area contributed by atoms with Gasteiger partial charge in [0.05, 0.1) is 6.54 Å². The number of hydrogen-bond acceptors (Lipinski definition) is 4. The van der Waals surface area contributed by atoms with Crippen LogP contribution in [0.4, 0.5) is 0 Å². The zero-order valence-electron chi connectivity index (χ0n) is 11.8. The number of primary sulfonamides is 1. The molecule has 0 amide bonds. The average molecular weight is 373 g/mol. The van der Waals surface area contributed by atoms with Gasteiger partial charge in [-0.05, 0) is 43.7 Å². The monoisotopic (exact) mass is 372 g/mol. The van der Waals surface area contributed by atoms with Gasteiger partial charge in [0.1, 0.15) is 5.76 Å². The number of nitrogens with one attached hydrogen (secondary N) is 1. The van der Waals surface area contributed by atoms with Crippen LogP contribution in [0, 0.1) is 0 Å². The first-order chi connectivity index (χ1) is 9.68. The van der Waals surface area contributed by atoms with Crippen molar-refractivity contribution in [3.63, 3.8) is 0 Å². The van der Waals surface area contributed by atoms with E-state index in [1.54, 1.807) is 6.07 Å². The van der Waals surface area contributed by atoms with Gasteiger partial charge in [-0.1, -0.05) is 28.1 Å². The molecule has 0 atom stereocenters. The van der Waals surface area contributed by atoms with E-state index >= 15 is 0 Å². The minimum atomic E-state index is -3.79. The Morgan fingerprint density at radius 3 is 2.33 bits per heavy atom. The van der Waals surface area contributed by atoms with Crippen molar-refractivity contribution in [2.45, 2.75) is 31.0 Å².